The summed E-state index contributed by atoms with van der Waals surface area (Å²) < 4.78 is 6.15. The summed E-state index contributed by atoms with van der Waals surface area (Å²) >= 11 is 0. The Hall–Kier alpha value is -0.120. The van der Waals surface area contributed by atoms with Gasteiger partial charge in [-0.05, 0) is 59.3 Å². The van der Waals surface area contributed by atoms with Crippen molar-refractivity contribution in [1.82, 2.24) is 5.32 Å². The van der Waals surface area contributed by atoms with Gasteiger partial charge in [-0.25, -0.2) is 0 Å². The van der Waals surface area contributed by atoms with E-state index in [0.29, 0.717) is 12.5 Å². The van der Waals surface area contributed by atoms with E-state index in [1.54, 1.807) is 0 Å². The van der Waals surface area contributed by atoms with E-state index in [1.165, 1.54) is 32.1 Å². The minimum Gasteiger partial charge on any atom is -0.389 e. The molecule has 2 fully saturated rings. The van der Waals surface area contributed by atoms with Crippen molar-refractivity contribution in [2.75, 3.05) is 13.2 Å². The van der Waals surface area contributed by atoms with Crippen molar-refractivity contribution < 1.29 is 9.84 Å². The first kappa shape index (κ1) is 16.3. The molecule has 0 amide bonds. The standard InChI is InChI=1S/C17H33NO2/c1-15(2,3)18-13-16(4,19)14-8-11-20-17(12-14)9-6-5-7-10-17/h14,18-19H,5-13H2,1-4H3. The van der Waals surface area contributed by atoms with Crippen LogP contribution < -0.4 is 5.32 Å². The molecule has 2 atom stereocenters. The predicted molar refractivity (Wildman–Crippen MR) is 82.9 cm³/mol. The van der Waals surface area contributed by atoms with Crippen LogP contribution in [0.5, 0.6) is 0 Å². The zero-order valence-corrected chi connectivity index (χ0v) is 13.8. The van der Waals surface area contributed by atoms with Crippen LogP contribution >= 0.6 is 0 Å². The molecule has 2 aliphatic rings. The lowest BCUT2D eigenvalue weighted by atomic mass is 9.71. The topological polar surface area (TPSA) is 41.5 Å². The normalized spacial score (nSPS) is 30.1. The zero-order valence-electron chi connectivity index (χ0n) is 13.8. The van der Waals surface area contributed by atoms with Crippen LogP contribution in [0.4, 0.5) is 0 Å². The number of ether oxygens (including phenoxy) is 1. The van der Waals surface area contributed by atoms with Gasteiger partial charge in [0.1, 0.15) is 0 Å². The van der Waals surface area contributed by atoms with E-state index in [9.17, 15) is 5.11 Å². The Morgan fingerprint density at radius 1 is 1.15 bits per heavy atom. The van der Waals surface area contributed by atoms with Gasteiger partial charge < -0.3 is 15.2 Å². The summed E-state index contributed by atoms with van der Waals surface area (Å²) in [6.07, 6.45) is 8.31. The van der Waals surface area contributed by atoms with E-state index in [2.05, 4.69) is 26.1 Å². The lowest BCUT2D eigenvalue weighted by Gasteiger charge is -2.47. The highest BCUT2D eigenvalue weighted by molar-refractivity contribution is 4.96. The third-order valence-electron chi connectivity index (χ3n) is 5.11. The second kappa shape index (κ2) is 5.94. The molecular weight excluding hydrogens is 250 g/mol. The number of β-amino-alcohol motifs (C(OH)–C–C–N with tert-alkyl or cyclic N) is 1. The number of hydrogen-bond acceptors (Lipinski definition) is 3. The lowest BCUT2D eigenvalue weighted by molar-refractivity contribution is -0.152. The molecule has 3 heteroatoms. The number of nitrogens with one attached hydrogen (secondary N) is 1. The maximum atomic E-state index is 10.9. The second-order valence-corrected chi connectivity index (χ2v) is 8.24. The van der Waals surface area contributed by atoms with E-state index < -0.39 is 5.60 Å². The maximum Gasteiger partial charge on any atom is 0.0773 e. The molecule has 1 heterocycles. The van der Waals surface area contributed by atoms with Gasteiger partial charge in [0.05, 0.1) is 11.2 Å². The largest absolute Gasteiger partial charge is 0.389 e. The number of hydrogen-bond donors (Lipinski definition) is 2. The fourth-order valence-electron chi connectivity index (χ4n) is 3.69. The summed E-state index contributed by atoms with van der Waals surface area (Å²) in [5.74, 6) is 0.351. The first-order chi connectivity index (χ1) is 9.23. The van der Waals surface area contributed by atoms with Crippen molar-refractivity contribution in [3.8, 4) is 0 Å². The van der Waals surface area contributed by atoms with Crippen molar-refractivity contribution in [3.05, 3.63) is 0 Å². The van der Waals surface area contributed by atoms with Crippen LogP contribution in [-0.4, -0.2) is 35.0 Å². The van der Waals surface area contributed by atoms with Crippen LogP contribution in [0.3, 0.4) is 0 Å². The van der Waals surface area contributed by atoms with Crippen molar-refractivity contribution >= 4 is 0 Å². The molecule has 0 radical (unpaired) electrons. The SMILES string of the molecule is CC(C)(C)NCC(C)(O)C1CCOC2(CCCCC2)C1. The highest BCUT2D eigenvalue weighted by Crippen LogP contribution is 2.43. The van der Waals surface area contributed by atoms with E-state index in [-0.39, 0.29) is 11.1 Å². The molecule has 2 unspecified atom stereocenters. The first-order valence-corrected chi connectivity index (χ1v) is 8.34. The number of aliphatic hydroxyl groups is 1. The molecule has 1 spiro atoms. The Kier molecular flexibility index (Phi) is 4.83. The zero-order chi connectivity index (χ0) is 14.9. The van der Waals surface area contributed by atoms with Gasteiger partial charge in [-0.15, -0.1) is 0 Å². The van der Waals surface area contributed by atoms with Crippen molar-refractivity contribution in [3.63, 3.8) is 0 Å². The van der Waals surface area contributed by atoms with E-state index in [0.717, 1.165) is 19.4 Å². The molecule has 118 valence electrons. The summed E-state index contributed by atoms with van der Waals surface area (Å²) in [7, 11) is 0. The summed E-state index contributed by atoms with van der Waals surface area (Å²) in [6.45, 7) is 9.92. The smallest absolute Gasteiger partial charge is 0.0773 e. The molecule has 20 heavy (non-hydrogen) atoms. The van der Waals surface area contributed by atoms with Gasteiger partial charge in [0.15, 0.2) is 0 Å². The molecule has 0 aromatic carbocycles. The fraction of sp³-hybridized carbons (Fsp3) is 1.00. The quantitative estimate of drug-likeness (QED) is 0.835. The van der Waals surface area contributed by atoms with Gasteiger partial charge in [0, 0.05) is 18.7 Å². The molecule has 1 aliphatic carbocycles. The molecule has 2 N–H and O–H groups in total. The Labute approximate surface area is 124 Å². The third-order valence-corrected chi connectivity index (χ3v) is 5.11. The van der Waals surface area contributed by atoms with Gasteiger partial charge in [0.25, 0.3) is 0 Å². The van der Waals surface area contributed by atoms with E-state index >= 15 is 0 Å². The first-order valence-electron chi connectivity index (χ1n) is 8.34. The molecule has 1 saturated heterocycles. The third kappa shape index (κ3) is 4.19. The van der Waals surface area contributed by atoms with Crippen LogP contribution in [0.2, 0.25) is 0 Å². The van der Waals surface area contributed by atoms with Gasteiger partial charge in [0.2, 0.25) is 0 Å². The molecule has 1 aliphatic heterocycles. The van der Waals surface area contributed by atoms with E-state index in [1.807, 2.05) is 6.92 Å². The average Bonchev–Trinajstić information content (AvgIpc) is 2.37. The highest BCUT2D eigenvalue weighted by atomic mass is 16.5. The highest BCUT2D eigenvalue weighted by Gasteiger charge is 2.44. The minimum atomic E-state index is -0.637. The predicted octanol–water partition coefficient (Wildman–Crippen LogP) is 3.26. The average molecular weight is 283 g/mol. The minimum absolute atomic E-state index is 0.0533. The Morgan fingerprint density at radius 2 is 1.80 bits per heavy atom. The van der Waals surface area contributed by atoms with Crippen LogP contribution in [-0.2, 0) is 4.74 Å². The summed E-state index contributed by atoms with van der Waals surface area (Å²) in [5.41, 5.74) is -0.508. The Morgan fingerprint density at radius 3 is 2.40 bits per heavy atom. The van der Waals surface area contributed by atoms with E-state index in [4.69, 9.17) is 4.74 Å². The molecule has 2 rings (SSSR count). The summed E-state index contributed by atoms with van der Waals surface area (Å²) in [6, 6.07) is 0. The second-order valence-electron chi connectivity index (χ2n) is 8.24. The van der Waals surface area contributed by atoms with Crippen molar-refractivity contribution in [1.29, 1.82) is 0 Å². The van der Waals surface area contributed by atoms with Crippen molar-refractivity contribution in [2.24, 2.45) is 5.92 Å². The van der Waals surface area contributed by atoms with Gasteiger partial charge in [-0.1, -0.05) is 19.3 Å². The fourth-order valence-corrected chi connectivity index (χ4v) is 3.69. The molecule has 3 nitrogen and oxygen atoms in total. The van der Waals surface area contributed by atoms with Crippen molar-refractivity contribution in [2.45, 2.75) is 89.4 Å². The molecule has 0 aromatic heterocycles. The van der Waals surface area contributed by atoms with Gasteiger partial charge in [-0.2, -0.15) is 0 Å². The molecule has 1 saturated carbocycles. The molecular formula is C17H33NO2. The lowest BCUT2D eigenvalue weighted by Crippen LogP contribution is -2.54. The monoisotopic (exact) mass is 283 g/mol. The number of rotatable bonds is 3. The van der Waals surface area contributed by atoms with Crippen LogP contribution in [0, 0.1) is 5.92 Å². The van der Waals surface area contributed by atoms with Gasteiger partial charge >= 0.3 is 0 Å². The summed E-state index contributed by atoms with van der Waals surface area (Å²) in [5, 5.41) is 14.4. The Balaban J connectivity index is 1.96. The molecule has 0 aromatic rings. The van der Waals surface area contributed by atoms with Crippen LogP contribution in [0.15, 0.2) is 0 Å². The molecule has 0 bridgehead atoms. The van der Waals surface area contributed by atoms with Crippen LogP contribution in [0.25, 0.3) is 0 Å². The van der Waals surface area contributed by atoms with Gasteiger partial charge in [-0.3, -0.25) is 0 Å². The van der Waals surface area contributed by atoms with Crippen LogP contribution in [0.1, 0.15) is 72.6 Å². The Bertz CT molecular complexity index is 308. The maximum absolute atomic E-state index is 10.9. The summed E-state index contributed by atoms with van der Waals surface area (Å²) in [4.78, 5) is 0.